The first kappa shape index (κ1) is 26.3. The lowest BCUT2D eigenvalue weighted by atomic mass is 9.43. The molecule has 0 amide bonds. The van der Waals surface area contributed by atoms with Crippen molar-refractivity contribution < 1.29 is 9.53 Å². The van der Waals surface area contributed by atoms with Gasteiger partial charge in [-0.25, -0.2) is 0 Å². The second-order valence-corrected chi connectivity index (χ2v) is 14.1. The summed E-state index contributed by atoms with van der Waals surface area (Å²) in [5.41, 5.74) is 0.979. The van der Waals surface area contributed by atoms with Crippen LogP contribution >= 0.6 is 0 Å². The van der Waals surface area contributed by atoms with E-state index in [-0.39, 0.29) is 12.1 Å². The van der Waals surface area contributed by atoms with Crippen LogP contribution in [-0.2, 0) is 9.53 Å². The number of carbonyl (C=O) groups excluding carboxylic acids is 1. The van der Waals surface area contributed by atoms with E-state index >= 15 is 0 Å². The van der Waals surface area contributed by atoms with Crippen LogP contribution < -0.4 is 0 Å². The molecule has 4 fully saturated rings. The van der Waals surface area contributed by atoms with Crippen molar-refractivity contribution in [2.24, 2.45) is 58.2 Å². The molecule has 4 aliphatic carbocycles. The van der Waals surface area contributed by atoms with Crippen molar-refractivity contribution in [2.75, 3.05) is 0 Å². The molecule has 0 N–H and O–H groups in total. The van der Waals surface area contributed by atoms with Crippen molar-refractivity contribution in [1.29, 1.82) is 0 Å². The Balaban J connectivity index is 1.49. The second-order valence-electron chi connectivity index (χ2n) is 14.1. The maximum atomic E-state index is 11.8. The topological polar surface area (TPSA) is 26.3 Å². The summed E-state index contributed by atoms with van der Waals surface area (Å²) in [6, 6.07) is 0. The first-order chi connectivity index (χ1) is 16.1. The molecule has 0 saturated heterocycles. The summed E-state index contributed by atoms with van der Waals surface area (Å²) in [5.74, 6) is 6.44. The van der Waals surface area contributed by atoms with E-state index < -0.39 is 0 Å². The maximum absolute atomic E-state index is 11.8. The Kier molecular flexibility index (Phi) is 7.96. The summed E-state index contributed by atoms with van der Waals surface area (Å²) in [5, 5.41) is 0. The fraction of sp³-hybridized carbons (Fsp3) is 0.906. The molecule has 0 heterocycles. The molecule has 10 atom stereocenters. The van der Waals surface area contributed by atoms with Gasteiger partial charge < -0.3 is 4.74 Å². The molecule has 2 nitrogen and oxygen atoms in total. The lowest BCUT2D eigenvalue weighted by Crippen LogP contribution is -2.56. The van der Waals surface area contributed by atoms with E-state index in [0.717, 1.165) is 54.3 Å². The number of carbonyl (C=O) groups is 1. The molecule has 2 heteroatoms. The molecule has 0 radical (unpaired) electrons. The van der Waals surface area contributed by atoms with E-state index in [0.29, 0.717) is 16.7 Å². The molecule has 0 aromatic rings. The van der Waals surface area contributed by atoms with Crippen molar-refractivity contribution in [3.8, 4) is 0 Å². The van der Waals surface area contributed by atoms with E-state index in [1.165, 1.54) is 64.2 Å². The Morgan fingerprint density at radius 1 is 1.03 bits per heavy atom. The monoisotopic (exact) mass is 470 g/mol. The molecule has 4 saturated carbocycles. The lowest BCUT2D eigenvalue weighted by molar-refractivity contribution is -0.170. The summed E-state index contributed by atoms with van der Waals surface area (Å²) in [6.07, 6.45) is 18.3. The average Bonchev–Trinajstić information content (AvgIpc) is 3.11. The number of rotatable bonds is 8. The summed E-state index contributed by atoms with van der Waals surface area (Å²) in [7, 11) is 0. The van der Waals surface area contributed by atoms with Crippen LogP contribution in [-0.4, -0.2) is 12.1 Å². The Morgan fingerprint density at radius 2 is 1.76 bits per heavy atom. The van der Waals surface area contributed by atoms with Gasteiger partial charge in [0.15, 0.2) is 0 Å². The number of ether oxygens (including phenoxy) is 1. The van der Waals surface area contributed by atoms with Gasteiger partial charge in [0, 0.05) is 6.92 Å². The van der Waals surface area contributed by atoms with Crippen LogP contribution in [0.5, 0.6) is 0 Å². The molecule has 4 aliphatic rings. The molecule has 0 aromatic heterocycles. The number of fused-ring (bicyclic) bond motifs is 5. The van der Waals surface area contributed by atoms with Gasteiger partial charge in [-0.1, -0.05) is 60.0 Å². The van der Waals surface area contributed by atoms with Crippen LogP contribution in [0.1, 0.15) is 119 Å². The van der Waals surface area contributed by atoms with Gasteiger partial charge in [0.25, 0.3) is 0 Å². The summed E-state index contributed by atoms with van der Waals surface area (Å²) in [4.78, 5) is 11.8. The zero-order valence-corrected chi connectivity index (χ0v) is 23.3. The number of allylic oxidation sites excluding steroid dienone is 1. The van der Waals surface area contributed by atoms with Crippen molar-refractivity contribution in [2.45, 2.75) is 125 Å². The quantitative estimate of drug-likeness (QED) is 0.261. The van der Waals surface area contributed by atoms with Crippen LogP contribution in [0, 0.1) is 58.2 Å². The van der Waals surface area contributed by atoms with Gasteiger partial charge in [0.1, 0.15) is 6.10 Å². The largest absolute Gasteiger partial charge is 0.462 e. The standard InChI is InChI=1S/C32H54O2/c1-8-10-24-20-32(7)25(19-30(24)34-23(5)33)13-14-26-28-16-15-27(22(4)12-9-11-21(2)3)31(28,6)18-17-29(26)32/h8,21-22,24-30H,1,9-20H2,2-7H3/t22-,24-,25+,26+,27-,28+,29+,30-,31-,32+/m1/s1. The summed E-state index contributed by atoms with van der Waals surface area (Å²) in [6.45, 7) is 18.3. The number of hydrogen-bond donors (Lipinski definition) is 0. The molecule has 0 unspecified atom stereocenters. The van der Waals surface area contributed by atoms with Crippen LogP contribution in [0.25, 0.3) is 0 Å². The highest BCUT2D eigenvalue weighted by atomic mass is 16.5. The van der Waals surface area contributed by atoms with Crippen LogP contribution in [0.15, 0.2) is 12.7 Å². The van der Waals surface area contributed by atoms with Gasteiger partial charge in [-0.3, -0.25) is 4.79 Å². The van der Waals surface area contributed by atoms with Crippen LogP contribution in [0.4, 0.5) is 0 Å². The van der Waals surface area contributed by atoms with E-state index in [1.54, 1.807) is 6.92 Å². The highest BCUT2D eigenvalue weighted by Gasteiger charge is 2.61. The summed E-state index contributed by atoms with van der Waals surface area (Å²) >= 11 is 0. The highest BCUT2D eigenvalue weighted by Crippen LogP contribution is 2.69. The van der Waals surface area contributed by atoms with Gasteiger partial charge in [-0.2, -0.15) is 0 Å². The highest BCUT2D eigenvalue weighted by molar-refractivity contribution is 5.66. The van der Waals surface area contributed by atoms with Gasteiger partial charge in [0.05, 0.1) is 0 Å². The van der Waals surface area contributed by atoms with E-state index in [9.17, 15) is 4.79 Å². The Bertz CT molecular complexity index is 727. The number of hydrogen-bond acceptors (Lipinski definition) is 2. The maximum Gasteiger partial charge on any atom is 0.302 e. The molecule has 194 valence electrons. The second kappa shape index (κ2) is 10.3. The minimum absolute atomic E-state index is 0.0986. The van der Waals surface area contributed by atoms with Gasteiger partial charge in [-0.05, 0) is 116 Å². The summed E-state index contributed by atoms with van der Waals surface area (Å²) < 4.78 is 5.87. The van der Waals surface area contributed by atoms with Crippen molar-refractivity contribution in [1.82, 2.24) is 0 Å². The molecule has 0 bridgehead atoms. The van der Waals surface area contributed by atoms with E-state index in [4.69, 9.17) is 4.74 Å². The predicted octanol–water partition coefficient (Wildman–Crippen LogP) is 8.84. The Hall–Kier alpha value is -0.790. The third-order valence-electron chi connectivity index (χ3n) is 11.8. The molecule has 4 rings (SSSR count). The fourth-order valence-corrected chi connectivity index (χ4v) is 10.2. The first-order valence-electron chi connectivity index (χ1n) is 14.9. The smallest absolute Gasteiger partial charge is 0.302 e. The molecular weight excluding hydrogens is 416 g/mol. The van der Waals surface area contributed by atoms with Crippen molar-refractivity contribution in [3.63, 3.8) is 0 Å². The van der Waals surface area contributed by atoms with Crippen LogP contribution in [0.2, 0.25) is 0 Å². The average molecular weight is 471 g/mol. The predicted molar refractivity (Wildman–Crippen MR) is 142 cm³/mol. The van der Waals surface area contributed by atoms with Gasteiger partial charge >= 0.3 is 5.97 Å². The Labute approximate surface area is 211 Å². The fourth-order valence-electron chi connectivity index (χ4n) is 10.2. The van der Waals surface area contributed by atoms with Gasteiger partial charge in [0.2, 0.25) is 0 Å². The minimum Gasteiger partial charge on any atom is -0.462 e. The van der Waals surface area contributed by atoms with E-state index in [2.05, 4.69) is 47.3 Å². The third-order valence-corrected chi connectivity index (χ3v) is 11.8. The van der Waals surface area contributed by atoms with E-state index in [1.807, 2.05) is 0 Å². The lowest BCUT2D eigenvalue weighted by Gasteiger charge is -2.62. The molecule has 0 aromatic carbocycles. The molecule has 34 heavy (non-hydrogen) atoms. The molecular formula is C32H54O2. The minimum atomic E-state index is -0.107. The Morgan fingerprint density at radius 3 is 2.44 bits per heavy atom. The zero-order chi connectivity index (χ0) is 24.7. The zero-order valence-electron chi connectivity index (χ0n) is 23.3. The van der Waals surface area contributed by atoms with Crippen molar-refractivity contribution >= 4 is 5.97 Å². The van der Waals surface area contributed by atoms with Crippen LogP contribution in [0.3, 0.4) is 0 Å². The first-order valence-corrected chi connectivity index (χ1v) is 14.9. The van der Waals surface area contributed by atoms with Crippen molar-refractivity contribution in [3.05, 3.63) is 12.7 Å². The number of esters is 1. The normalized spacial score (nSPS) is 44.6. The molecule has 0 spiro atoms. The SMILES string of the molecule is C=CC[C@@H]1C[C@@]2(C)[C@@H](CC[C@@H]3[C@@H]2CC[C@]2(C)[C@@H]([C@H](C)CCCC(C)C)CC[C@@H]32)C[C@H]1OC(C)=O. The third kappa shape index (κ3) is 4.78. The van der Waals surface area contributed by atoms with Gasteiger partial charge in [-0.15, -0.1) is 6.58 Å². The molecule has 0 aliphatic heterocycles.